The lowest BCUT2D eigenvalue weighted by molar-refractivity contribution is -0.244. The van der Waals surface area contributed by atoms with Gasteiger partial charge in [-0.1, -0.05) is 0 Å². The van der Waals surface area contributed by atoms with Gasteiger partial charge in [0.25, 0.3) is 0 Å². The number of rotatable bonds is 4. The first-order chi connectivity index (χ1) is 5.62. The molecule has 0 aliphatic heterocycles. The first kappa shape index (κ1) is 12.8. The molecule has 0 bridgehead atoms. The van der Waals surface area contributed by atoms with Gasteiger partial charge >= 0.3 is 0 Å². The lowest BCUT2D eigenvalue weighted by Crippen LogP contribution is -2.66. The van der Waals surface area contributed by atoms with Crippen LogP contribution < -0.4 is 0 Å². The van der Waals surface area contributed by atoms with Crippen LogP contribution in [0.1, 0.15) is 20.8 Å². The summed E-state index contributed by atoms with van der Waals surface area (Å²) in [5, 5.41) is 46.4. The standard InChI is InChI=1S/C8H18O5/c1-6(11,4-9)8(3,13)7(2,12)5-10/h9-13H,4-5H2,1-3H3/t6-,7-/m1/s1. The SMILES string of the molecule is CC(O)([C@](C)(O)CO)[C@](C)(O)CO. The Morgan fingerprint density at radius 3 is 1.15 bits per heavy atom. The van der Waals surface area contributed by atoms with Gasteiger partial charge in [0.05, 0.1) is 13.2 Å². The topological polar surface area (TPSA) is 101 Å². The number of aliphatic hydroxyl groups is 5. The van der Waals surface area contributed by atoms with Gasteiger partial charge in [-0.25, -0.2) is 0 Å². The molecule has 5 N–H and O–H groups in total. The van der Waals surface area contributed by atoms with E-state index in [9.17, 15) is 15.3 Å². The highest BCUT2D eigenvalue weighted by Crippen LogP contribution is 2.32. The molecule has 0 aliphatic rings. The van der Waals surface area contributed by atoms with Crippen molar-refractivity contribution in [2.75, 3.05) is 13.2 Å². The maximum absolute atomic E-state index is 9.75. The minimum Gasteiger partial charge on any atom is -0.393 e. The van der Waals surface area contributed by atoms with Crippen molar-refractivity contribution in [2.24, 2.45) is 0 Å². The van der Waals surface area contributed by atoms with E-state index in [1.54, 1.807) is 0 Å². The fraction of sp³-hybridized carbons (Fsp3) is 1.00. The summed E-state index contributed by atoms with van der Waals surface area (Å²) >= 11 is 0. The lowest BCUT2D eigenvalue weighted by Gasteiger charge is -2.45. The summed E-state index contributed by atoms with van der Waals surface area (Å²) in [5.74, 6) is 0. The minimum absolute atomic E-state index is 0.712. The van der Waals surface area contributed by atoms with Gasteiger partial charge in [-0.15, -0.1) is 0 Å². The third kappa shape index (κ3) is 2.00. The molecule has 5 heteroatoms. The molecule has 2 atom stereocenters. The van der Waals surface area contributed by atoms with E-state index in [1.807, 2.05) is 0 Å². The summed E-state index contributed by atoms with van der Waals surface area (Å²) in [7, 11) is 0. The lowest BCUT2D eigenvalue weighted by atomic mass is 9.74. The van der Waals surface area contributed by atoms with Gasteiger partial charge in [-0.3, -0.25) is 0 Å². The molecule has 0 aromatic rings. The van der Waals surface area contributed by atoms with E-state index in [2.05, 4.69) is 0 Å². The predicted octanol–water partition coefficient (Wildman–Crippen LogP) is -1.78. The molecular formula is C8H18O5. The van der Waals surface area contributed by atoms with E-state index in [0.717, 1.165) is 6.92 Å². The van der Waals surface area contributed by atoms with Gasteiger partial charge in [0, 0.05) is 0 Å². The highest BCUT2D eigenvalue weighted by Gasteiger charge is 2.53. The molecule has 0 saturated heterocycles. The van der Waals surface area contributed by atoms with Crippen LogP contribution in [0.25, 0.3) is 0 Å². The minimum atomic E-state index is -2.00. The van der Waals surface area contributed by atoms with Crippen molar-refractivity contribution in [2.45, 2.75) is 37.6 Å². The summed E-state index contributed by atoms with van der Waals surface area (Å²) in [4.78, 5) is 0. The number of hydrogen-bond donors (Lipinski definition) is 5. The second-order valence-corrected chi connectivity index (χ2v) is 3.94. The van der Waals surface area contributed by atoms with Crippen LogP contribution >= 0.6 is 0 Å². The number of aliphatic hydroxyl groups excluding tert-OH is 2. The zero-order valence-corrected chi connectivity index (χ0v) is 8.15. The normalized spacial score (nSPS) is 22.2. The molecule has 80 valence electrons. The van der Waals surface area contributed by atoms with Gasteiger partial charge in [0.2, 0.25) is 0 Å². The summed E-state index contributed by atoms with van der Waals surface area (Å²) < 4.78 is 0. The van der Waals surface area contributed by atoms with Crippen molar-refractivity contribution in [3.8, 4) is 0 Å². The molecule has 0 rings (SSSR count). The van der Waals surface area contributed by atoms with Crippen LogP contribution in [0.5, 0.6) is 0 Å². The molecule has 5 nitrogen and oxygen atoms in total. The Morgan fingerprint density at radius 2 is 1.00 bits per heavy atom. The predicted molar refractivity (Wildman–Crippen MR) is 46.0 cm³/mol. The maximum atomic E-state index is 9.75. The average molecular weight is 194 g/mol. The molecule has 0 aliphatic carbocycles. The molecule has 0 saturated carbocycles. The molecule has 0 fully saturated rings. The second kappa shape index (κ2) is 3.51. The average Bonchev–Trinajstić information content (AvgIpc) is 2.03. The molecule has 0 aromatic carbocycles. The monoisotopic (exact) mass is 194 g/mol. The van der Waals surface area contributed by atoms with Gasteiger partial charge in [-0.05, 0) is 20.8 Å². The van der Waals surface area contributed by atoms with Crippen LogP contribution in [-0.2, 0) is 0 Å². The summed E-state index contributed by atoms with van der Waals surface area (Å²) in [6.07, 6.45) is 0. The maximum Gasteiger partial charge on any atom is 0.123 e. The Bertz CT molecular complexity index is 155. The van der Waals surface area contributed by atoms with Crippen LogP contribution in [0.2, 0.25) is 0 Å². The quantitative estimate of drug-likeness (QED) is 0.364. The molecular weight excluding hydrogens is 176 g/mol. The molecule has 0 radical (unpaired) electrons. The summed E-state index contributed by atoms with van der Waals surface area (Å²) in [5.41, 5.74) is -5.75. The van der Waals surface area contributed by atoms with Crippen LogP contribution in [-0.4, -0.2) is 55.5 Å². The number of hydrogen-bond acceptors (Lipinski definition) is 5. The van der Waals surface area contributed by atoms with Crippen LogP contribution in [0.15, 0.2) is 0 Å². The third-order valence-electron chi connectivity index (χ3n) is 2.71. The zero-order valence-electron chi connectivity index (χ0n) is 8.15. The molecule has 0 spiro atoms. The summed E-state index contributed by atoms with van der Waals surface area (Å²) in [6.45, 7) is 2.08. The van der Waals surface area contributed by atoms with Crippen molar-refractivity contribution in [3.05, 3.63) is 0 Å². The first-order valence-corrected chi connectivity index (χ1v) is 4.01. The van der Waals surface area contributed by atoms with Crippen molar-refractivity contribution in [1.82, 2.24) is 0 Å². The van der Waals surface area contributed by atoms with Gasteiger partial charge in [0.15, 0.2) is 0 Å². The van der Waals surface area contributed by atoms with E-state index in [0.29, 0.717) is 0 Å². The Balaban J connectivity index is 4.95. The first-order valence-electron chi connectivity index (χ1n) is 4.01. The van der Waals surface area contributed by atoms with E-state index in [4.69, 9.17) is 10.2 Å². The molecule has 0 amide bonds. The van der Waals surface area contributed by atoms with Crippen LogP contribution in [0.3, 0.4) is 0 Å². The smallest absolute Gasteiger partial charge is 0.123 e. The molecule has 13 heavy (non-hydrogen) atoms. The highest BCUT2D eigenvalue weighted by atomic mass is 16.4. The van der Waals surface area contributed by atoms with Gasteiger partial charge in [-0.2, -0.15) is 0 Å². The van der Waals surface area contributed by atoms with E-state index >= 15 is 0 Å². The molecule has 0 aromatic heterocycles. The molecule has 0 unspecified atom stereocenters. The van der Waals surface area contributed by atoms with Crippen molar-refractivity contribution >= 4 is 0 Å². The van der Waals surface area contributed by atoms with Crippen molar-refractivity contribution in [1.29, 1.82) is 0 Å². The van der Waals surface area contributed by atoms with E-state index in [-0.39, 0.29) is 0 Å². The third-order valence-corrected chi connectivity index (χ3v) is 2.71. The van der Waals surface area contributed by atoms with Gasteiger partial charge in [0.1, 0.15) is 16.8 Å². The Hall–Kier alpha value is -0.200. The summed E-state index contributed by atoms with van der Waals surface area (Å²) in [6, 6.07) is 0. The second-order valence-electron chi connectivity index (χ2n) is 3.94. The zero-order chi connectivity index (χ0) is 10.9. The van der Waals surface area contributed by atoms with Crippen LogP contribution in [0, 0.1) is 0 Å². The van der Waals surface area contributed by atoms with Gasteiger partial charge < -0.3 is 25.5 Å². The van der Waals surface area contributed by atoms with Crippen LogP contribution in [0.4, 0.5) is 0 Å². The van der Waals surface area contributed by atoms with Crippen molar-refractivity contribution in [3.63, 3.8) is 0 Å². The Kier molecular flexibility index (Phi) is 3.46. The van der Waals surface area contributed by atoms with E-state index in [1.165, 1.54) is 13.8 Å². The largest absolute Gasteiger partial charge is 0.393 e. The molecule has 0 heterocycles. The fourth-order valence-electron chi connectivity index (χ4n) is 0.888. The highest BCUT2D eigenvalue weighted by molar-refractivity contribution is 5.05. The Labute approximate surface area is 77.3 Å². The van der Waals surface area contributed by atoms with E-state index < -0.39 is 30.0 Å². The Morgan fingerprint density at radius 1 is 0.769 bits per heavy atom. The van der Waals surface area contributed by atoms with Crippen molar-refractivity contribution < 1.29 is 25.5 Å². The fourth-order valence-corrected chi connectivity index (χ4v) is 0.888.